The van der Waals surface area contributed by atoms with Crippen molar-refractivity contribution in [2.75, 3.05) is 27.2 Å². The lowest BCUT2D eigenvalue weighted by Crippen LogP contribution is -2.26. The second-order valence-corrected chi connectivity index (χ2v) is 6.59. The van der Waals surface area contributed by atoms with Gasteiger partial charge in [-0.3, -0.25) is 4.79 Å². The summed E-state index contributed by atoms with van der Waals surface area (Å²) in [7, 11) is 4.04. The fraction of sp³-hybridized carbons (Fsp3) is 0.400. The Balaban J connectivity index is 2.08. The van der Waals surface area contributed by atoms with Gasteiger partial charge in [0.2, 0.25) is 0 Å². The van der Waals surface area contributed by atoms with Crippen LogP contribution in [0.25, 0.3) is 10.1 Å². The van der Waals surface area contributed by atoms with Crippen LogP contribution in [0, 0.1) is 6.92 Å². The van der Waals surface area contributed by atoms with Crippen LogP contribution in [0.5, 0.6) is 0 Å². The predicted octanol–water partition coefficient (Wildman–Crippen LogP) is 3.54. The molecule has 1 amide bonds. The molecule has 0 aliphatic carbocycles. The van der Waals surface area contributed by atoms with Gasteiger partial charge >= 0.3 is 0 Å². The highest BCUT2D eigenvalue weighted by Crippen LogP contribution is 2.35. The third kappa shape index (κ3) is 3.51. The molecule has 108 valence electrons. The van der Waals surface area contributed by atoms with Crippen LogP contribution in [-0.4, -0.2) is 38.0 Å². The number of nitrogens with one attached hydrogen (secondary N) is 1. The van der Waals surface area contributed by atoms with Gasteiger partial charge in [0.05, 0.1) is 5.02 Å². The number of hydrogen-bond donors (Lipinski definition) is 1. The summed E-state index contributed by atoms with van der Waals surface area (Å²) in [6.07, 6.45) is 0.931. The van der Waals surface area contributed by atoms with Gasteiger partial charge in [-0.15, -0.1) is 11.3 Å². The van der Waals surface area contributed by atoms with Crippen molar-refractivity contribution < 1.29 is 4.79 Å². The highest BCUT2D eigenvalue weighted by Gasteiger charge is 2.16. The molecule has 0 saturated carbocycles. The number of hydrogen-bond acceptors (Lipinski definition) is 3. The lowest BCUT2D eigenvalue weighted by molar-refractivity contribution is 0.0956. The average molecular weight is 311 g/mol. The molecule has 3 nitrogen and oxygen atoms in total. The normalized spacial score (nSPS) is 11.2. The maximum Gasteiger partial charge on any atom is 0.262 e. The highest BCUT2D eigenvalue weighted by molar-refractivity contribution is 7.21. The van der Waals surface area contributed by atoms with Crippen molar-refractivity contribution in [1.82, 2.24) is 10.2 Å². The van der Waals surface area contributed by atoms with Crippen molar-refractivity contribution in [3.05, 3.63) is 33.7 Å². The van der Waals surface area contributed by atoms with Crippen molar-refractivity contribution >= 4 is 38.9 Å². The van der Waals surface area contributed by atoms with Gasteiger partial charge in [-0.05, 0) is 45.6 Å². The summed E-state index contributed by atoms with van der Waals surface area (Å²) in [5, 5.41) is 4.45. The van der Waals surface area contributed by atoms with E-state index < -0.39 is 0 Å². The second-order valence-electron chi connectivity index (χ2n) is 5.16. The van der Waals surface area contributed by atoms with E-state index >= 15 is 0 Å². The molecule has 0 saturated heterocycles. The Kier molecular flexibility index (Phi) is 5.02. The number of carbonyl (C=O) groups excluding carboxylic acids is 1. The summed E-state index contributed by atoms with van der Waals surface area (Å²) in [4.78, 5) is 14.9. The molecule has 2 rings (SSSR count). The van der Waals surface area contributed by atoms with Crippen LogP contribution < -0.4 is 5.32 Å². The first-order chi connectivity index (χ1) is 9.49. The van der Waals surface area contributed by atoms with Gasteiger partial charge < -0.3 is 10.2 Å². The lowest BCUT2D eigenvalue weighted by Gasteiger charge is -2.09. The van der Waals surface area contributed by atoms with Crippen molar-refractivity contribution in [3.63, 3.8) is 0 Å². The molecule has 1 heterocycles. The minimum Gasteiger partial charge on any atom is -0.351 e. The minimum absolute atomic E-state index is 0.0763. The SMILES string of the molecule is Cc1ccc2c(Cl)c(C(=O)NCCCN(C)C)sc2c1. The topological polar surface area (TPSA) is 32.3 Å². The Bertz CT molecular complexity index is 622. The molecule has 0 aliphatic heterocycles. The van der Waals surface area contributed by atoms with E-state index in [0.29, 0.717) is 16.4 Å². The molecule has 2 aromatic rings. The number of benzene rings is 1. The summed E-state index contributed by atoms with van der Waals surface area (Å²) in [5.74, 6) is -0.0763. The van der Waals surface area contributed by atoms with Gasteiger partial charge in [0, 0.05) is 16.6 Å². The summed E-state index contributed by atoms with van der Waals surface area (Å²) >= 11 is 7.77. The first-order valence-corrected chi connectivity index (χ1v) is 7.80. The van der Waals surface area contributed by atoms with E-state index in [1.165, 1.54) is 16.9 Å². The van der Waals surface area contributed by atoms with Gasteiger partial charge in [0.25, 0.3) is 5.91 Å². The molecule has 1 aromatic heterocycles. The average Bonchev–Trinajstić information content (AvgIpc) is 2.71. The maximum absolute atomic E-state index is 12.2. The fourth-order valence-electron chi connectivity index (χ4n) is 2.00. The monoisotopic (exact) mass is 310 g/mol. The predicted molar refractivity (Wildman–Crippen MR) is 87.1 cm³/mol. The molecule has 0 spiro atoms. The van der Waals surface area contributed by atoms with E-state index in [1.807, 2.05) is 33.2 Å². The molecule has 0 unspecified atom stereocenters. The van der Waals surface area contributed by atoms with Crippen molar-refractivity contribution in [2.24, 2.45) is 0 Å². The van der Waals surface area contributed by atoms with Crippen LogP contribution >= 0.6 is 22.9 Å². The molecule has 0 fully saturated rings. The zero-order valence-corrected chi connectivity index (χ0v) is 13.6. The van der Waals surface area contributed by atoms with Gasteiger partial charge in [0.1, 0.15) is 4.88 Å². The number of thiophene rings is 1. The van der Waals surface area contributed by atoms with E-state index in [2.05, 4.69) is 16.3 Å². The summed E-state index contributed by atoms with van der Waals surface area (Å²) in [6, 6.07) is 6.06. The number of carbonyl (C=O) groups is 1. The van der Waals surface area contributed by atoms with Gasteiger partial charge in [-0.2, -0.15) is 0 Å². The summed E-state index contributed by atoms with van der Waals surface area (Å²) < 4.78 is 1.06. The van der Waals surface area contributed by atoms with Crippen LogP contribution in [0.1, 0.15) is 21.7 Å². The number of halogens is 1. The number of amides is 1. The molecule has 1 aromatic carbocycles. The molecule has 5 heteroatoms. The van der Waals surface area contributed by atoms with E-state index in [9.17, 15) is 4.79 Å². The van der Waals surface area contributed by atoms with Crippen LogP contribution in [0.15, 0.2) is 18.2 Å². The van der Waals surface area contributed by atoms with E-state index in [-0.39, 0.29) is 5.91 Å². The Morgan fingerprint density at radius 3 is 2.85 bits per heavy atom. The first kappa shape index (κ1) is 15.3. The number of rotatable bonds is 5. The fourth-order valence-corrected chi connectivity index (χ4v) is 3.53. The number of aryl methyl sites for hydroxylation is 1. The smallest absolute Gasteiger partial charge is 0.262 e. The first-order valence-electron chi connectivity index (χ1n) is 6.60. The lowest BCUT2D eigenvalue weighted by atomic mass is 10.2. The van der Waals surface area contributed by atoms with Crippen LogP contribution in [0.3, 0.4) is 0 Å². The van der Waals surface area contributed by atoms with Gasteiger partial charge in [0.15, 0.2) is 0 Å². The van der Waals surface area contributed by atoms with Crippen molar-refractivity contribution in [1.29, 1.82) is 0 Å². The van der Waals surface area contributed by atoms with Crippen LogP contribution in [0.4, 0.5) is 0 Å². The van der Waals surface area contributed by atoms with E-state index in [0.717, 1.165) is 23.1 Å². The third-order valence-corrected chi connectivity index (χ3v) is 4.71. The summed E-state index contributed by atoms with van der Waals surface area (Å²) in [6.45, 7) is 3.66. The number of nitrogens with zero attached hydrogens (tertiary/aromatic N) is 1. The Hall–Kier alpha value is -1.10. The molecular formula is C15H19ClN2OS. The molecule has 0 aliphatic rings. The zero-order chi connectivity index (χ0) is 14.7. The maximum atomic E-state index is 12.2. The zero-order valence-electron chi connectivity index (χ0n) is 12.0. The van der Waals surface area contributed by atoms with Crippen LogP contribution in [0.2, 0.25) is 5.02 Å². The third-order valence-electron chi connectivity index (χ3n) is 3.06. The van der Waals surface area contributed by atoms with E-state index in [4.69, 9.17) is 11.6 Å². The Labute approximate surface area is 128 Å². The molecule has 1 N–H and O–H groups in total. The molecule has 0 atom stereocenters. The van der Waals surface area contributed by atoms with Gasteiger partial charge in [-0.1, -0.05) is 23.7 Å². The van der Waals surface area contributed by atoms with E-state index in [1.54, 1.807) is 0 Å². The molecular weight excluding hydrogens is 292 g/mol. The molecule has 0 bridgehead atoms. The van der Waals surface area contributed by atoms with Crippen LogP contribution in [-0.2, 0) is 0 Å². The molecule has 0 radical (unpaired) electrons. The second kappa shape index (κ2) is 6.57. The highest BCUT2D eigenvalue weighted by atomic mass is 35.5. The Morgan fingerprint density at radius 2 is 2.15 bits per heavy atom. The summed E-state index contributed by atoms with van der Waals surface area (Å²) in [5.41, 5.74) is 1.17. The molecule has 20 heavy (non-hydrogen) atoms. The quantitative estimate of drug-likeness (QED) is 0.857. The standard InChI is InChI=1S/C15H19ClN2OS/c1-10-5-6-11-12(9-10)20-14(13(11)16)15(19)17-7-4-8-18(2)3/h5-6,9H,4,7-8H2,1-3H3,(H,17,19). The van der Waals surface area contributed by atoms with Gasteiger partial charge in [-0.25, -0.2) is 0 Å². The van der Waals surface area contributed by atoms with Crippen molar-refractivity contribution in [3.8, 4) is 0 Å². The number of fused-ring (bicyclic) bond motifs is 1. The Morgan fingerprint density at radius 1 is 1.40 bits per heavy atom. The van der Waals surface area contributed by atoms with Crippen molar-refractivity contribution in [2.45, 2.75) is 13.3 Å². The largest absolute Gasteiger partial charge is 0.351 e. The minimum atomic E-state index is -0.0763.